The van der Waals surface area contributed by atoms with E-state index in [9.17, 15) is 0 Å². The van der Waals surface area contributed by atoms with Crippen LogP contribution in [0.3, 0.4) is 0 Å². The second-order valence-electron chi connectivity index (χ2n) is 0. The minimum Gasteiger partial charge on any atom is -1.00 e. The molecule has 0 heterocycles. The van der Waals surface area contributed by atoms with E-state index in [-0.39, 0.29) is 85.2 Å². The van der Waals surface area contributed by atoms with Crippen molar-refractivity contribution in [3.63, 3.8) is 0 Å². The molecule has 0 bridgehead atoms. The molecule has 0 atom stereocenters. The first-order valence-corrected chi connectivity index (χ1v) is 0. The van der Waals surface area contributed by atoms with E-state index >= 15 is 0 Å². The van der Waals surface area contributed by atoms with Crippen LogP contribution in [0.25, 0.3) is 0 Å². The van der Waals surface area contributed by atoms with E-state index in [1.54, 1.807) is 0 Å². The maximum Gasteiger partial charge on any atom is 3.00 e. The number of hydrogen-bond acceptors (Lipinski definition) is 0. The third-order valence-corrected chi connectivity index (χ3v) is 0. The number of rotatable bonds is 0. The largest absolute Gasteiger partial charge is 3.00 e. The van der Waals surface area contributed by atoms with Crippen LogP contribution in [0.5, 0.6) is 0 Å². The van der Waals surface area contributed by atoms with Crippen LogP contribution in [0.1, 0.15) is 0 Å². The first-order chi connectivity index (χ1) is 0. The normalized spacial score (nSPS) is 0. The van der Waals surface area contributed by atoms with Gasteiger partial charge in [0.2, 0.25) is 0 Å². The standard InChI is InChI=1S/ClH.Gd.6H2O/h1H;;6*1H2/q;+3;;;;;;/p-1. The maximum atomic E-state index is 0. The molecule has 0 rings (SSSR count). The van der Waals surface area contributed by atoms with Crippen molar-refractivity contribution in [2.24, 2.45) is 0 Å². The van der Waals surface area contributed by atoms with Crippen molar-refractivity contribution in [3.8, 4) is 0 Å². The predicted molar refractivity (Wildman–Crippen MR) is 21.7 cm³/mol. The Morgan fingerprint density at radius 1 is 0.375 bits per heavy atom. The summed E-state index contributed by atoms with van der Waals surface area (Å²) in [6.07, 6.45) is 0. The monoisotopic (exact) mass is 301 g/mol. The summed E-state index contributed by atoms with van der Waals surface area (Å²) in [5.74, 6) is 0. The fourth-order valence-corrected chi connectivity index (χ4v) is 0. The molecule has 12 N–H and O–H groups in total. The molecule has 0 spiro atoms. The molecule has 8 heteroatoms. The van der Waals surface area contributed by atoms with Gasteiger partial charge in [-0.3, -0.25) is 0 Å². The quantitative estimate of drug-likeness (QED) is 0.411. The Balaban J connectivity index is 0. The molecule has 61 valence electrons. The molecule has 0 unspecified atom stereocenters. The molecule has 0 aromatic carbocycles. The molecule has 8 heavy (non-hydrogen) atoms. The molecule has 0 aliphatic rings. The average Bonchev–Trinajstić information content (AvgIpc) is 0. The zero-order chi connectivity index (χ0) is 0. The average molecular weight is 301 g/mol. The van der Waals surface area contributed by atoms with Gasteiger partial charge in [0.05, 0.1) is 0 Å². The molecule has 6 nitrogen and oxygen atoms in total. The zero-order valence-electron chi connectivity index (χ0n) is 3.73. The van der Waals surface area contributed by atoms with Crippen LogP contribution < -0.4 is 12.4 Å². The Kier molecular flexibility index (Phi) is 10500. The Labute approximate surface area is 84.6 Å². The van der Waals surface area contributed by atoms with E-state index in [1.165, 1.54) is 0 Å². The fraction of sp³-hybridized carbons (Fsp3) is 0. The maximum absolute atomic E-state index is 0. The first kappa shape index (κ1) is 348. The molecular weight excluding hydrogens is 289 g/mol. The van der Waals surface area contributed by atoms with E-state index < -0.39 is 0 Å². The van der Waals surface area contributed by atoms with Crippen LogP contribution in [0, 0.1) is 39.9 Å². The summed E-state index contributed by atoms with van der Waals surface area (Å²) in [7, 11) is 0. The molecule has 0 aromatic heterocycles. The van der Waals surface area contributed by atoms with Crippen molar-refractivity contribution in [1.29, 1.82) is 0 Å². The molecule has 0 amide bonds. The van der Waals surface area contributed by atoms with Gasteiger partial charge in [0.1, 0.15) is 0 Å². The molecular formula is H12ClGdO6+2. The second kappa shape index (κ2) is 241. The fourth-order valence-electron chi connectivity index (χ4n) is 0. The van der Waals surface area contributed by atoms with Crippen LogP contribution in [-0.4, -0.2) is 32.9 Å². The van der Waals surface area contributed by atoms with Crippen molar-refractivity contribution < 1.29 is 85.2 Å². The summed E-state index contributed by atoms with van der Waals surface area (Å²) >= 11 is 0. The second-order valence-corrected chi connectivity index (χ2v) is 0. The van der Waals surface area contributed by atoms with E-state index in [1.807, 2.05) is 0 Å². The summed E-state index contributed by atoms with van der Waals surface area (Å²) in [6.45, 7) is 0. The van der Waals surface area contributed by atoms with Crippen molar-refractivity contribution in [2.75, 3.05) is 0 Å². The summed E-state index contributed by atoms with van der Waals surface area (Å²) in [6, 6.07) is 0. The van der Waals surface area contributed by atoms with Crippen LogP contribution in [0.4, 0.5) is 0 Å². The Morgan fingerprint density at radius 2 is 0.375 bits per heavy atom. The van der Waals surface area contributed by atoms with Gasteiger partial charge in [0.25, 0.3) is 0 Å². The van der Waals surface area contributed by atoms with Gasteiger partial charge >= 0.3 is 39.9 Å². The SMILES string of the molecule is O.O.O.O.O.O.[Cl-].[Gd+3]. The first-order valence-electron chi connectivity index (χ1n) is 0. The summed E-state index contributed by atoms with van der Waals surface area (Å²) < 4.78 is 0. The minimum atomic E-state index is 0. The van der Waals surface area contributed by atoms with Crippen LogP contribution in [-0.2, 0) is 0 Å². The third-order valence-electron chi connectivity index (χ3n) is 0. The summed E-state index contributed by atoms with van der Waals surface area (Å²) in [5, 5.41) is 0. The number of halogens is 1. The van der Waals surface area contributed by atoms with Gasteiger partial charge in [-0.1, -0.05) is 0 Å². The topological polar surface area (TPSA) is 189 Å². The van der Waals surface area contributed by atoms with Crippen LogP contribution in [0.2, 0.25) is 0 Å². The predicted octanol–water partition coefficient (Wildman–Crippen LogP) is -7.94. The van der Waals surface area contributed by atoms with Crippen molar-refractivity contribution in [2.45, 2.75) is 0 Å². The van der Waals surface area contributed by atoms with Crippen LogP contribution in [0.15, 0.2) is 0 Å². The number of hydrogen-bond donors (Lipinski definition) is 0. The molecule has 0 fully saturated rings. The molecule has 0 aliphatic heterocycles. The van der Waals surface area contributed by atoms with Crippen molar-refractivity contribution in [3.05, 3.63) is 0 Å². The Hall–Kier alpha value is 1.37. The van der Waals surface area contributed by atoms with Gasteiger partial charge in [-0.2, -0.15) is 0 Å². The minimum absolute atomic E-state index is 0. The van der Waals surface area contributed by atoms with Gasteiger partial charge in [-0.15, -0.1) is 0 Å². The molecule has 0 aromatic rings. The van der Waals surface area contributed by atoms with E-state index in [0.717, 1.165) is 0 Å². The van der Waals surface area contributed by atoms with E-state index in [0.29, 0.717) is 0 Å². The van der Waals surface area contributed by atoms with Crippen LogP contribution >= 0.6 is 0 Å². The molecule has 0 saturated heterocycles. The van der Waals surface area contributed by atoms with Gasteiger partial charge in [0.15, 0.2) is 0 Å². The van der Waals surface area contributed by atoms with Gasteiger partial charge in [0, 0.05) is 0 Å². The smallest absolute Gasteiger partial charge is 1.00 e. The van der Waals surface area contributed by atoms with Gasteiger partial charge in [-0.25, -0.2) is 0 Å². The summed E-state index contributed by atoms with van der Waals surface area (Å²) in [5.41, 5.74) is 0. The Bertz CT molecular complexity index is 8.49. The van der Waals surface area contributed by atoms with E-state index in [2.05, 4.69) is 0 Å². The van der Waals surface area contributed by atoms with E-state index in [4.69, 9.17) is 0 Å². The van der Waals surface area contributed by atoms with Gasteiger partial charge in [-0.05, 0) is 0 Å². The zero-order valence-corrected chi connectivity index (χ0v) is 6.76. The molecule has 0 aliphatic carbocycles. The summed E-state index contributed by atoms with van der Waals surface area (Å²) in [4.78, 5) is 0. The Morgan fingerprint density at radius 3 is 0.375 bits per heavy atom. The molecule has 1 radical (unpaired) electrons. The van der Waals surface area contributed by atoms with Crippen molar-refractivity contribution >= 4 is 0 Å². The third kappa shape index (κ3) is 159. The van der Waals surface area contributed by atoms with Gasteiger partial charge < -0.3 is 45.3 Å². The molecule has 0 saturated carbocycles. The van der Waals surface area contributed by atoms with Crippen molar-refractivity contribution in [1.82, 2.24) is 0 Å².